The van der Waals surface area contributed by atoms with Crippen molar-refractivity contribution in [2.45, 2.75) is 20.3 Å². The largest absolute Gasteiger partial charge is 0.506 e. The molecule has 0 unspecified atom stereocenters. The summed E-state index contributed by atoms with van der Waals surface area (Å²) < 4.78 is 0. The molecule has 2 rings (SSSR count). The van der Waals surface area contributed by atoms with Gasteiger partial charge in [-0.15, -0.1) is 0 Å². The first-order valence-electron chi connectivity index (χ1n) is 6.30. The lowest BCUT2D eigenvalue weighted by Gasteiger charge is -2.10. The maximum atomic E-state index is 12.2. The minimum absolute atomic E-state index is 0.0855. The second kappa shape index (κ2) is 5.57. The molecular weight excluding hydrogens is 238 g/mol. The Bertz CT molecular complexity index is 605. The van der Waals surface area contributed by atoms with Gasteiger partial charge in [0.1, 0.15) is 5.75 Å². The molecule has 0 bridgehead atoms. The van der Waals surface area contributed by atoms with Crippen LogP contribution in [0.15, 0.2) is 42.5 Å². The first kappa shape index (κ1) is 13.1. The van der Waals surface area contributed by atoms with Crippen LogP contribution in [0, 0.1) is 6.92 Å². The van der Waals surface area contributed by atoms with Crippen molar-refractivity contribution in [1.29, 1.82) is 0 Å². The van der Waals surface area contributed by atoms with Crippen LogP contribution in [0.5, 0.6) is 5.75 Å². The Morgan fingerprint density at radius 2 is 1.95 bits per heavy atom. The van der Waals surface area contributed by atoms with Crippen LogP contribution < -0.4 is 5.32 Å². The van der Waals surface area contributed by atoms with Gasteiger partial charge in [0, 0.05) is 5.56 Å². The molecule has 2 aromatic carbocycles. The first-order chi connectivity index (χ1) is 9.11. The van der Waals surface area contributed by atoms with Gasteiger partial charge in [0.25, 0.3) is 5.91 Å². The van der Waals surface area contributed by atoms with Gasteiger partial charge in [-0.2, -0.15) is 0 Å². The second-order valence-corrected chi connectivity index (χ2v) is 4.49. The molecule has 0 saturated carbocycles. The molecule has 0 aromatic heterocycles. The number of carbonyl (C=O) groups excluding carboxylic acids is 1. The fourth-order valence-electron chi connectivity index (χ4n) is 1.99. The highest BCUT2D eigenvalue weighted by Gasteiger charge is 2.11. The van der Waals surface area contributed by atoms with E-state index in [-0.39, 0.29) is 11.7 Å². The monoisotopic (exact) mass is 255 g/mol. The number of phenolic OH excluding ortho intramolecular Hbond substituents is 1. The maximum absolute atomic E-state index is 12.2. The van der Waals surface area contributed by atoms with E-state index in [1.807, 2.05) is 38.1 Å². The summed E-state index contributed by atoms with van der Waals surface area (Å²) in [5.41, 5.74) is 3.02. The van der Waals surface area contributed by atoms with Crippen molar-refractivity contribution < 1.29 is 9.90 Å². The van der Waals surface area contributed by atoms with Crippen molar-refractivity contribution in [3.05, 3.63) is 59.2 Å². The van der Waals surface area contributed by atoms with Crippen LogP contribution in [0.2, 0.25) is 0 Å². The van der Waals surface area contributed by atoms with Gasteiger partial charge in [0.2, 0.25) is 0 Å². The average molecular weight is 255 g/mol. The molecule has 0 radical (unpaired) electrons. The third-order valence-electron chi connectivity index (χ3n) is 3.04. The number of nitrogens with one attached hydrogen (secondary N) is 1. The van der Waals surface area contributed by atoms with E-state index in [1.54, 1.807) is 18.2 Å². The molecule has 0 heterocycles. The number of carbonyl (C=O) groups is 1. The molecule has 0 aliphatic rings. The second-order valence-electron chi connectivity index (χ2n) is 4.49. The van der Waals surface area contributed by atoms with Gasteiger partial charge in [0.05, 0.1) is 5.69 Å². The molecule has 2 aromatic rings. The Morgan fingerprint density at radius 3 is 2.63 bits per heavy atom. The number of phenols is 1. The summed E-state index contributed by atoms with van der Waals surface area (Å²) in [5, 5.41) is 12.5. The van der Waals surface area contributed by atoms with Crippen molar-refractivity contribution in [2.75, 3.05) is 5.32 Å². The number of amides is 1. The third-order valence-corrected chi connectivity index (χ3v) is 3.04. The van der Waals surface area contributed by atoms with Crippen molar-refractivity contribution in [3.63, 3.8) is 0 Å². The van der Waals surface area contributed by atoms with Gasteiger partial charge < -0.3 is 10.4 Å². The fourth-order valence-corrected chi connectivity index (χ4v) is 1.99. The number of hydrogen-bond donors (Lipinski definition) is 2. The molecule has 0 fully saturated rings. The lowest BCUT2D eigenvalue weighted by molar-refractivity contribution is 0.102. The van der Waals surface area contributed by atoms with E-state index in [0.717, 1.165) is 17.5 Å². The average Bonchev–Trinajstić information content (AvgIpc) is 2.41. The SMILES string of the molecule is CCc1ccccc1C(=O)Nc1ccc(C)cc1O. The zero-order valence-electron chi connectivity index (χ0n) is 11.1. The van der Waals surface area contributed by atoms with Gasteiger partial charge in [-0.1, -0.05) is 31.2 Å². The van der Waals surface area contributed by atoms with Crippen molar-refractivity contribution in [3.8, 4) is 5.75 Å². The lowest BCUT2D eigenvalue weighted by atomic mass is 10.0. The Hall–Kier alpha value is -2.29. The van der Waals surface area contributed by atoms with E-state index in [0.29, 0.717) is 11.3 Å². The fraction of sp³-hybridized carbons (Fsp3) is 0.188. The van der Waals surface area contributed by atoms with E-state index in [2.05, 4.69) is 5.32 Å². The number of aryl methyl sites for hydroxylation is 2. The molecular formula is C16H17NO2. The van der Waals surface area contributed by atoms with Gasteiger partial charge in [-0.25, -0.2) is 0 Å². The Labute approximate surface area is 112 Å². The summed E-state index contributed by atoms with van der Waals surface area (Å²) in [5.74, 6) is -0.112. The molecule has 3 heteroatoms. The number of aromatic hydroxyl groups is 1. The Kier molecular flexibility index (Phi) is 3.85. The van der Waals surface area contributed by atoms with Crippen LogP contribution in [0.4, 0.5) is 5.69 Å². The molecule has 19 heavy (non-hydrogen) atoms. The topological polar surface area (TPSA) is 49.3 Å². The van der Waals surface area contributed by atoms with Crippen molar-refractivity contribution in [1.82, 2.24) is 0 Å². The summed E-state index contributed by atoms with van der Waals surface area (Å²) in [6.45, 7) is 3.90. The van der Waals surface area contributed by atoms with Crippen molar-refractivity contribution >= 4 is 11.6 Å². The maximum Gasteiger partial charge on any atom is 0.256 e. The van der Waals surface area contributed by atoms with Crippen LogP contribution in [-0.4, -0.2) is 11.0 Å². The molecule has 0 spiro atoms. The predicted molar refractivity (Wildman–Crippen MR) is 76.6 cm³/mol. The normalized spacial score (nSPS) is 10.2. The number of anilines is 1. The van der Waals surface area contributed by atoms with Crippen LogP contribution in [0.3, 0.4) is 0 Å². The van der Waals surface area contributed by atoms with E-state index in [4.69, 9.17) is 0 Å². The van der Waals surface area contributed by atoms with E-state index in [9.17, 15) is 9.90 Å². The van der Waals surface area contributed by atoms with Gasteiger partial charge in [-0.3, -0.25) is 4.79 Å². The molecule has 3 nitrogen and oxygen atoms in total. The molecule has 0 atom stereocenters. The standard InChI is InChI=1S/C16H17NO2/c1-3-12-6-4-5-7-13(12)16(19)17-14-9-8-11(2)10-15(14)18/h4-10,18H,3H2,1-2H3,(H,17,19). The molecule has 2 N–H and O–H groups in total. The lowest BCUT2D eigenvalue weighted by Crippen LogP contribution is -2.14. The Balaban J connectivity index is 2.26. The smallest absolute Gasteiger partial charge is 0.256 e. The predicted octanol–water partition coefficient (Wildman–Crippen LogP) is 3.52. The van der Waals surface area contributed by atoms with Crippen LogP contribution >= 0.6 is 0 Å². The summed E-state index contributed by atoms with van der Waals surface area (Å²) in [7, 11) is 0. The van der Waals surface area contributed by atoms with Gasteiger partial charge in [-0.05, 0) is 42.7 Å². The molecule has 1 amide bonds. The zero-order chi connectivity index (χ0) is 13.8. The summed E-state index contributed by atoms with van der Waals surface area (Å²) in [4.78, 5) is 12.2. The summed E-state index contributed by atoms with van der Waals surface area (Å²) in [6.07, 6.45) is 0.795. The van der Waals surface area contributed by atoms with E-state index in [1.165, 1.54) is 0 Å². The highest BCUT2D eigenvalue weighted by molar-refractivity contribution is 6.06. The first-order valence-corrected chi connectivity index (χ1v) is 6.30. The minimum Gasteiger partial charge on any atom is -0.506 e. The van der Waals surface area contributed by atoms with Gasteiger partial charge in [0.15, 0.2) is 0 Å². The molecule has 0 aliphatic heterocycles. The summed E-state index contributed by atoms with van der Waals surface area (Å²) >= 11 is 0. The van der Waals surface area contributed by atoms with Gasteiger partial charge >= 0.3 is 0 Å². The zero-order valence-corrected chi connectivity index (χ0v) is 11.1. The van der Waals surface area contributed by atoms with E-state index >= 15 is 0 Å². The molecule has 0 aliphatic carbocycles. The molecule has 98 valence electrons. The number of hydrogen-bond acceptors (Lipinski definition) is 2. The van der Waals surface area contributed by atoms with Crippen LogP contribution in [-0.2, 0) is 6.42 Å². The molecule has 0 saturated heterocycles. The highest BCUT2D eigenvalue weighted by atomic mass is 16.3. The summed E-state index contributed by atoms with van der Waals surface area (Å²) in [6, 6.07) is 12.7. The van der Waals surface area contributed by atoms with Crippen molar-refractivity contribution in [2.24, 2.45) is 0 Å². The number of rotatable bonds is 3. The van der Waals surface area contributed by atoms with Crippen LogP contribution in [0.1, 0.15) is 28.4 Å². The quantitative estimate of drug-likeness (QED) is 0.824. The van der Waals surface area contributed by atoms with E-state index < -0.39 is 0 Å². The Morgan fingerprint density at radius 1 is 1.21 bits per heavy atom. The van der Waals surface area contributed by atoms with Crippen LogP contribution in [0.25, 0.3) is 0 Å². The minimum atomic E-state index is -0.198. The highest BCUT2D eigenvalue weighted by Crippen LogP contribution is 2.24. The third kappa shape index (κ3) is 2.94. The number of benzene rings is 2.